The van der Waals surface area contributed by atoms with Gasteiger partial charge in [-0.15, -0.1) is 0 Å². The van der Waals surface area contributed by atoms with Gasteiger partial charge in [-0.25, -0.2) is 9.18 Å². The molecule has 104 valence electrons. The molecular weight excluding hydrogens is 306 g/mol. The number of ether oxygens (including phenoxy) is 1. The lowest BCUT2D eigenvalue weighted by Crippen LogP contribution is -2.06. The van der Waals surface area contributed by atoms with Gasteiger partial charge in [0, 0.05) is 10.6 Å². The third-order valence-electron chi connectivity index (χ3n) is 2.58. The molecule has 6 heteroatoms. The lowest BCUT2D eigenvalue weighted by molar-refractivity contribution is 0.0693. The first-order chi connectivity index (χ1) is 9.47. The van der Waals surface area contributed by atoms with Crippen molar-refractivity contribution in [1.82, 2.24) is 0 Å². The second-order valence-electron chi connectivity index (χ2n) is 3.97. The molecule has 0 radical (unpaired) electrons. The van der Waals surface area contributed by atoms with Crippen molar-refractivity contribution in [2.45, 2.75) is 6.61 Å². The van der Waals surface area contributed by atoms with Gasteiger partial charge < -0.3 is 9.84 Å². The zero-order valence-electron chi connectivity index (χ0n) is 10.1. The second kappa shape index (κ2) is 6.11. The number of aromatic carboxylic acids is 1. The van der Waals surface area contributed by atoms with Crippen molar-refractivity contribution < 1.29 is 19.0 Å². The number of rotatable bonds is 4. The van der Waals surface area contributed by atoms with E-state index in [0.29, 0.717) is 21.4 Å². The van der Waals surface area contributed by atoms with Crippen LogP contribution in [0, 0.1) is 5.82 Å². The highest BCUT2D eigenvalue weighted by Crippen LogP contribution is 2.28. The molecule has 0 unspecified atom stereocenters. The molecule has 0 saturated heterocycles. The predicted octanol–water partition coefficient (Wildman–Crippen LogP) is 4.41. The van der Waals surface area contributed by atoms with Gasteiger partial charge in [-0.1, -0.05) is 29.3 Å². The second-order valence-corrected chi connectivity index (χ2v) is 4.81. The first-order valence-electron chi connectivity index (χ1n) is 5.57. The van der Waals surface area contributed by atoms with Crippen molar-refractivity contribution in [3.8, 4) is 5.75 Å². The number of carboxylic acids is 1. The maximum Gasteiger partial charge on any atom is 0.336 e. The van der Waals surface area contributed by atoms with Crippen molar-refractivity contribution in [1.29, 1.82) is 0 Å². The van der Waals surface area contributed by atoms with Crippen LogP contribution in [0.1, 0.15) is 15.9 Å². The Kier molecular flexibility index (Phi) is 4.47. The Balaban J connectivity index is 2.20. The summed E-state index contributed by atoms with van der Waals surface area (Å²) in [5, 5.41) is 9.80. The molecule has 0 amide bonds. The number of carbonyl (C=O) groups is 1. The number of halogens is 3. The summed E-state index contributed by atoms with van der Waals surface area (Å²) in [6, 6.07) is 8.18. The molecule has 0 aliphatic carbocycles. The molecule has 2 rings (SSSR count). The van der Waals surface area contributed by atoms with Crippen LogP contribution in [0.15, 0.2) is 36.4 Å². The fourth-order valence-corrected chi connectivity index (χ4v) is 2.08. The summed E-state index contributed by atoms with van der Waals surface area (Å²) in [5.41, 5.74) is 0.208. The standard InChI is InChI=1S/C14H9Cl2FO3/c15-9-2-4-13(12(16)5-9)20-7-8-1-3-10(17)6-11(8)14(18)19/h1-6H,7H2,(H,18,19). The Bertz CT molecular complexity index is 659. The fraction of sp³-hybridized carbons (Fsp3) is 0.0714. The van der Waals surface area contributed by atoms with Crippen LogP contribution in [-0.2, 0) is 6.61 Å². The van der Waals surface area contributed by atoms with E-state index in [1.807, 2.05) is 0 Å². The quantitative estimate of drug-likeness (QED) is 0.909. The van der Waals surface area contributed by atoms with Gasteiger partial charge in [-0.05, 0) is 30.3 Å². The summed E-state index contributed by atoms with van der Waals surface area (Å²) in [6.45, 7) is -0.0384. The highest BCUT2D eigenvalue weighted by Gasteiger charge is 2.12. The van der Waals surface area contributed by atoms with Gasteiger partial charge in [0.1, 0.15) is 18.2 Å². The van der Waals surface area contributed by atoms with Crippen LogP contribution in [0.25, 0.3) is 0 Å². The molecule has 0 aliphatic heterocycles. The maximum absolute atomic E-state index is 13.0. The highest BCUT2D eigenvalue weighted by atomic mass is 35.5. The molecule has 0 fully saturated rings. The van der Waals surface area contributed by atoms with Crippen LogP contribution in [0.5, 0.6) is 5.75 Å². The summed E-state index contributed by atoms with van der Waals surface area (Å²) >= 11 is 11.7. The normalized spacial score (nSPS) is 10.3. The molecule has 0 saturated carbocycles. The first kappa shape index (κ1) is 14.6. The monoisotopic (exact) mass is 314 g/mol. The van der Waals surface area contributed by atoms with Gasteiger partial charge in [-0.2, -0.15) is 0 Å². The lowest BCUT2D eigenvalue weighted by Gasteiger charge is -2.10. The molecule has 3 nitrogen and oxygen atoms in total. The first-order valence-corrected chi connectivity index (χ1v) is 6.32. The van der Waals surface area contributed by atoms with Crippen molar-refractivity contribution in [2.24, 2.45) is 0 Å². The average molecular weight is 315 g/mol. The van der Waals surface area contributed by atoms with Crippen molar-refractivity contribution in [2.75, 3.05) is 0 Å². The molecule has 2 aromatic rings. The largest absolute Gasteiger partial charge is 0.487 e. The molecule has 0 atom stereocenters. The van der Waals surface area contributed by atoms with Crippen LogP contribution in [0.2, 0.25) is 10.0 Å². The molecule has 0 heterocycles. The van der Waals surface area contributed by atoms with Crippen molar-refractivity contribution in [3.05, 3.63) is 63.4 Å². The summed E-state index contributed by atoms with van der Waals surface area (Å²) < 4.78 is 18.5. The van der Waals surface area contributed by atoms with Gasteiger partial charge in [-0.3, -0.25) is 0 Å². The van der Waals surface area contributed by atoms with Gasteiger partial charge in [0.2, 0.25) is 0 Å². The SMILES string of the molecule is O=C(O)c1cc(F)ccc1COc1ccc(Cl)cc1Cl. The van der Waals surface area contributed by atoms with Crippen molar-refractivity contribution >= 4 is 29.2 Å². The van der Waals surface area contributed by atoms with E-state index in [1.165, 1.54) is 18.2 Å². The van der Waals surface area contributed by atoms with Gasteiger partial charge in [0.05, 0.1) is 10.6 Å². The molecule has 1 N–H and O–H groups in total. The van der Waals surface area contributed by atoms with Crippen LogP contribution >= 0.6 is 23.2 Å². The smallest absolute Gasteiger partial charge is 0.336 e. The number of carboxylic acid groups (broad SMARTS) is 1. The Morgan fingerprint density at radius 3 is 2.60 bits per heavy atom. The maximum atomic E-state index is 13.0. The molecular formula is C14H9Cl2FO3. The van der Waals surface area contributed by atoms with E-state index in [0.717, 1.165) is 6.07 Å². The Morgan fingerprint density at radius 2 is 1.95 bits per heavy atom. The summed E-state index contributed by atoms with van der Waals surface area (Å²) in [5.74, 6) is -1.46. The Labute approximate surface area is 124 Å². The van der Waals surface area contributed by atoms with E-state index in [4.69, 9.17) is 33.0 Å². The highest BCUT2D eigenvalue weighted by molar-refractivity contribution is 6.35. The van der Waals surface area contributed by atoms with Gasteiger partial charge in [0.25, 0.3) is 0 Å². The fourth-order valence-electron chi connectivity index (χ4n) is 1.62. The molecule has 0 bridgehead atoms. The molecule has 2 aromatic carbocycles. The number of hydrogen-bond donors (Lipinski definition) is 1. The van der Waals surface area contributed by atoms with E-state index in [2.05, 4.69) is 0 Å². The molecule has 0 spiro atoms. The number of benzene rings is 2. The summed E-state index contributed by atoms with van der Waals surface area (Å²) in [7, 11) is 0. The zero-order chi connectivity index (χ0) is 14.7. The van der Waals surface area contributed by atoms with Gasteiger partial charge in [0.15, 0.2) is 0 Å². The topological polar surface area (TPSA) is 46.5 Å². The van der Waals surface area contributed by atoms with E-state index >= 15 is 0 Å². The Morgan fingerprint density at radius 1 is 1.20 bits per heavy atom. The average Bonchev–Trinajstić information content (AvgIpc) is 2.38. The zero-order valence-corrected chi connectivity index (χ0v) is 11.6. The third kappa shape index (κ3) is 3.40. The molecule has 0 aromatic heterocycles. The van der Waals surface area contributed by atoms with Crippen LogP contribution in [0.4, 0.5) is 4.39 Å². The summed E-state index contributed by atoms with van der Waals surface area (Å²) in [4.78, 5) is 11.0. The minimum atomic E-state index is -1.22. The number of hydrogen-bond acceptors (Lipinski definition) is 2. The lowest BCUT2D eigenvalue weighted by atomic mass is 10.1. The minimum absolute atomic E-state index is 0.0384. The minimum Gasteiger partial charge on any atom is -0.487 e. The molecule has 0 aliphatic rings. The van der Waals surface area contributed by atoms with E-state index < -0.39 is 11.8 Å². The van der Waals surface area contributed by atoms with Crippen LogP contribution in [0.3, 0.4) is 0 Å². The van der Waals surface area contributed by atoms with Crippen LogP contribution < -0.4 is 4.74 Å². The van der Waals surface area contributed by atoms with E-state index in [9.17, 15) is 9.18 Å². The molecule has 20 heavy (non-hydrogen) atoms. The van der Waals surface area contributed by atoms with E-state index in [1.54, 1.807) is 12.1 Å². The predicted molar refractivity (Wildman–Crippen MR) is 74.2 cm³/mol. The van der Waals surface area contributed by atoms with Crippen LogP contribution in [-0.4, -0.2) is 11.1 Å². The Hall–Kier alpha value is -1.78. The van der Waals surface area contributed by atoms with Gasteiger partial charge >= 0.3 is 5.97 Å². The third-order valence-corrected chi connectivity index (χ3v) is 3.11. The van der Waals surface area contributed by atoms with Crippen molar-refractivity contribution in [3.63, 3.8) is 0 Å². The van der Waals surface area contributed by atoms with E-state index in [-0.39, 0.29) is 12.2 Å². The summed E-state index contributed by atoms with van der Waals surface area (Å²) in [6.07, 6.45) is 0.